The number of rotatable bonds is 3. The van der Waals surface area contributed by atoms with Gasteiger partial charge < -0.3 is 9.64 Å². The Bertz CT molecular complexity index is 1190. The third-order valence-electron chi connectivity index (χ3n) is 6.78. The molecule has 174 valence electrons. The minimum Gasteiger partial charge on any atom is -0.370 e. The number of anilines is 1. The summed E-state index contributed by atoms with van der Waals surface area (Å²) in [6.07, 6.45) is -2.43. The Balaban J connectivity index is 1.50. The Hall–Kier alpha value is -2.81. The predicted molar refractivity (Wildman–Crippen MR) is 118 cm³/mol. The molecule has 0 bridgehead atoms. The van der Waals surface area contributed by atoms with E-state index < -0.39 is 12.1 Å². The lowest BCUT2D eigenvalue weighted by Crippen LogP contribution is -2.40. The van der Waals surface area contributed by atoms with Crippen molar-refractivity contribution in [3.8, 4) is 0 Å². The number of hydrogen-bond donors (Lipinski definition) is 0. The van der Waals surface area contributed by atoms with Crippen LogP contribution in [0, 0.1) is 26.7 Å². The Labute approximate surface area is 190 Å². The summed E-state index contributed by atoms with van der Waals surface area (Å²) in [7, 11) is 0. The van der Waals surface area contributed by atoms with Gasteiger partial charge in [-0.25, -0.2) is 9.97 Å². The molecule has 1 atom stereocenters. The number of hydrogen-bond acceptors (Lipinski definition) is 6. The van der Waals surface area contributed by atoms with Crippen LogP contribution in [0.1, 0.15) is 53.1 Å². The van der Waals surface area contributed by atoms with Gasteiger partial charge in [0.1, 0.15) is 6.10 Å². The minimum atomic E-state index is -4.16. The number of halogens is 3. The zero-order valence-electron chi connectivity index (χ0n) is 18.9. The minimum absolute atomic E-state index is 0.0595. The summed E-state index contributed by atoms with van der Waals surface area (Å²) in [6, 6.07) is 5.90. The summed E-state index contributed by atoms with van der Waals surface area (Å²) in [4.78, 5) is 20.5. The van der Waals surface area contributed by atoms with Crippen LogP contribution in [0.25, 0.3) is 11.0 Å². The van der Waals surface area contributed by atoms with Crippen molar-refractivity contribution in [3.63, 3.8) is 0 Å². The Morgan fingerprint density at radius 1 is 1.06 bits per heavy atom. The van der Waals surface area contributed by atoms with Crippen LogP contribution in [-0.2, 0) is 4.74 Å². The largest absolute Gasteiger partial charge is 0.391 e. The number of ether oxygens (including phenoxy) is 1. The van der Waals surface area contributed by atoms with Gasteiger partial charge in [-0.15, -0.1) is 0 Å². The molecule has 0 aromatic carbocycles. The highest BCUT2D eigenvalue weighted by atomic mass is 19.4. The van der Waals surface area contributed by atoms with Gasteiger partial charge in [0.2, 0.25) is 5.95 Å². The van der Waals surface area contributed by atoms with Crippen LogP contribution >= 0.6 is 0 Å². The second kappa shape index (κ2) is 8.20. The molecule has 0 spiro atoms. The Morgan fingerprint density at radius 2 is 1.85 bits per heavy atom. The van der Waals surface area contributed by atoms with E-state index in [1.807, 2.05) is 43.9 Å². The highest BCUT2D eigenvalue weighted by Gasteiger charge is 2.49. The molecule has 1 saturated carbocycles. The van der Waals surface area contributed by atoms with Gasteiger partial charge in [0.05, 0.1) is 24.8 Å². The Kier molecular flexibility index (Phi) is 5.47. The highest BCUT2D eigenvalue weighted by Crippen LogP contribution is 2.50. The first-order valence-corrected chi connectivity index (χ1v) is 11.2. The van der Waals surface area contributed by atoms with Gasteiger partial charge >= 0.3 is 6.18 Å². The maximum Gasteiger partial charge on any atom is 0.391 e. The van der Waals surface area contributed by atoms with Crippen molar-refractivity contribution < 1.29 is 17.9 Å². The second-order valence-corrected chi connectivity index (χ2v) is 9.11. The molecule has 0 amide bonds. The molecule has 2 aliphatic rings. The van der Waals surface area contributed by atoms with Crippen LogP contribution in [0.5, 0.6) is 0 Å². The SMILES string of the molecule is Cc1cc(C2CN(c3nc(C4CC(C(F)(F)F)C4)c4cc(C)c(C)nc4n3)CCO2)ccn1. The van der Waals surface area contributed by atoms with E-state index in [9.17, 15) is 13.2 Å². The first kappa shape index (κ1) is 22.0. The van der Waals surface area contributed by atoms with Gasteiger partial charge in [0.15, 0.2) is 5.65 Å². The van der Waals surface area contributed by atoms with E-state index in [0.29, 0.717) is 37.0 Å². The standard InChI is InChI=1S/C24H26F3N5O/c1-13-8-19-21(17-10-18(11-17)24(25,26)27)30-23(31-22(19)29-15(13)3)32-6-7-33-20(12-32)16-4-5-28-14(2)9-16/h4-5,8-9,17-18,20H,6-7,10-12H2,1-3H3. The van der Waals surface area contributed by atoms with Crippen LogP contribution in [0.15, 0.2) is 24.4 Å². The molecular formula is C24H26F3N5O. The summed E-state index contributed by atoms with van der Waals surface area (Å²) in [5, 5.41) is 0.752. The van der Waals surface area contributed by atoms with Gasteiger partial charge in [-0.3, -0.25) is 4.98 Å². The molecule has 0 radical (unpaired) electrons. The Morgan fingerprint density at radius 3 is 2.58 bits per heavy atom. The van der Waals surface area contributed by atoms with Gasteiger partial charge in [-0.05, 0) is 62.9 Å². The number of alkyl halides is 3. The second-order valence-electron chi connectivity index (χ2n) is 9.11. The van der Waals surface area contributed by atoms with E-state index in [2.05, 4.69) is 9.97 Å². The van der Waals surface area contributed by atoms with Gasteiger partial charge in [-0.2, -0.15) is 18.2 Å². The summed E-state index contributed by atoms with van der Waals surface area (Å²) < 4.78 is 45.4. The molecule has 2 fully saturated rings. The first-order valence-electron chi connectivity index (χ1n) is 11.2. The monoisotopic (exact) mass is 457 g/mol. The van der Waals surface area contributed by atoms with Crippen molar-refractivity contribution in [2.75, 3.05) is 24.6 Å². The van der Waals surface area contributed by atoms with Crippen LogP contribution in [0.2, 0.25) is 0 Å². The van der Waals surface area contributed by atoms with Crippen LogP contribution in [0.3, 0.4) is 0 Å². The normalized spacial score (nSPS) is 23.6. The van der Waals surface area contributed by atoms with Crippen LogP contribution in [-0.4, -0.2) is 45.8 Å². The van der Waals surface area contributed by atoms with Gasteiger partial charge in [0.25, 0.3) is 0 Å². The number of aromatic nitrogens is 4. The zero-order valence-corrected chi connectivity index (χ0v) is 18.9. The van der Waals surface area contributed by atoms with E-state index in [1.165, 1.54) is 0 Å². The van der Waals surface area contributed by atoms with Crippen molar-refractivity contribution in [1.82, 2.24) is 19.9 Å². The third kappa shape index (κ3) is 4.26. The van der Waals surface area contributed by atoms with E-state index in [1.54, 1.807) is 6.20 Å². The van der Waals surface area contributed by atoms with Crippen molar-refractivity contribution in [2.45, 2.75) is 51.8 Å². The molecule has 3 aromatic heterocycles. The van der Waals surface area contributed by atoms with Crippen LogP contribution in [0.4, 0.5) is 19.1 Å². The summed E-state index contributed by atoms with van der Waals surface area (Å²) in [6.45, 7) is 7.45. The van der Waals surface area contributed by atoms with E-state index in [-0.39, 0.29) is 24.9 Å². The number of fused-ring (bicyclic) bond motifs is 1. The summed E-state index contributed by atoms with van der Waals surface area (Å²) in [5.74, 6) is -1.01. The van der Waals surface area contributed by atoms with Crippen molar-refractivity contribution in [3.05, 3.63) is 52.6 Å². The number of aryl methyl sites for hydroxylation is 3. The molecule has 33 heavy (non-hydrogen) atoms. The van der Waals surface area contributed by atoms with E-state index in [0.717, 1.165) is 27.9 Å². The van der Waals surface area contributed by atoms with Gasteiger partial charge in [0, 0.05) is 35.4 Å². The summed E-state index contributed by atoms with van der Waals surface area (Å²) in [5.41, 5.74) is 4.99. The number of pyridine rings is 2. The summed E-state index contributed by atoms with van der Waals surface area (Å²) >= 11 is 0. The molecule has 1 unspecified atom stereocenters. The lowest BCUT2D eigenvalue weighted by molar-refractivity contribution is -0.197. The topological polar surface area (TPSA) is 64.0 Å². The molecule has 6 nitrogen and oxygen atoms in total. The highest BCUT2D eigenvalue weighted by molar-refractivity contribution is 5.80. The number of nitrogens with zero attached hydrogens (tertiary/aromatic N) is 5. The molecule has 1 saturated heterocycles. The molecule has 4 heterocycles. The third-order valence-corrected chi connectivity index (χ3v) is 6.78. The zero-order chi connectivity index (χ0) is 23.3. The molecular weight excluding hydrogens is 431 g/mol. The van der Waals surface area contributed by atoms with Crippen molar-refractivity contribution >= 4 is 17.0 Å². The molecule has 3 aromatic rings. The number of morpholine rings is 1. The fraction of sp³-hybridized carbons (Fsp3) is 0.500. The van der Waals surface area contributed by atoms with Crippen LogP contribution < -0.4 is 4.90 Å². The lowest BCUT2D eigenvalue weighted by atomic mass is 9.72. The molecule has 1 aliphatic carbocycles. The molecule has 0 N–H and O–H groups in total. The fourth-order valence-corrected chi connectivity index (χ4v) is 4.62. The maximum atomic E-state index is 13.2. The lowest BCUT2D eigenvalue weighted by Gasteiger charge is -2.37. The average molecular weight is 458 g/mol. The fourth-order valence-electron chi connectivity index (χ4n) is 4.62. The van der Waals surface area contributed by atoms with E-state index in [4.69, 9.17) is 14.7 Å². The van der Waals surface area contributed by atoms with Gasteiger partial charge in [-0.1, -0.05) is 0 Å². The van der Waals surface area contributed by atoms with Crippen molar-refractivity contribution in [1.29, 1.82) is 0 Å². The smallest absolute Gasteiger partial charge is 0.370 e. The maximum absolute atomic E-state index is 13.2. The predicted octanol–water partition coefficient (Wildman–Crippen LogP) is 4.98. The first-order chi connectivity index (χ1) is 15.7. The van der Waals surface area contributed by atoms with Crippen molar-refractivity contribution in [2.24, 2.45) is 5.92 Å². The molecule has 9 heteroatoms. The molecule has 5 rings (SSSR count). The average Bonchev–Trinajstić information content (AvgIpc) is 2.73. The quantitative estimate of drug-likeness (QED) is 0.553. The van der Waals surface area contributed by atoms with E-state index >= 15 is 0 Å². The molecule has 1 aliphatic heterocycles.